The second-order valence-electron chi connectivity index (χ2n) is 5.74. The molecular formula is C17H17FN4. The van der Waals surface area contributed by atoms with E-state index in [2.05, 4.69) is 15.4 Å². The zero-order chi connectivity index (χ0) is 14.9. The van der Waals surface area contributed by atoms with Crippen LogP contribution in [0.3, 0.4) is 0 Å². The van der Waals surface area contributed by atoms with E-state index in [1.54, 1.807) is 10.6 Å². The number of pyridine rings is 1. The number of hydrogen-bond donors (Lipinski definition) is 1. The predicted octanol–water partition coefficient (Wildman–Crippen LogP) is 3.00. The Morgan fingerprint density at radius 2 is 2.14 bits per heavy atom. The lowest BCUT2D eigenvalue weighted by Crippen LogP contribution is -2.28. The Morgan fingerprint density at radius 3 is 2.95 bits per heavy atom. The van der Waals surface area contributed by atoms with E-state index in [1.807, 2.05) is 24.4 Å². The molecule has 112 valence electrons. The highest BCUT2D eigenvalue weighted by atomic mass is 19.1. The molecule has 1 atom stereocenters. The summed E-state index contributed by atoms with van der Waals surface area (Å²) in [7, 11) is 0. The number of fused-ring (bicyclic) bond motifs is 1. The Hall–Kier alpha value is -2.27. The molecule has 4 rings (SSSR count). The molecule has 0 radical (unpaired) electrons. The molecule has 3 heterocycles. The molecule has 1 N–H and O–H groups in total. The summed E-state index contributed by atoms with van der Waals surface area (Å²) in [6, 6.07) is 10.5. The van der Waals surface area contributed by atoms with E-state index in [1.165, 1.54) is 12.1 Å². The van der Waals surface area contributed by atoms with Crippen molar-refractivity contribution in [2.75, 3.05) is 13.1 Å². The number of hydrogen-bond acceptors (Lipinski definition) is 3. The summed E-state index contributed by atoms with van der Waals surface area (Å²) < 4.78 is 15.2. The smallest absolute Gasteiger partial charge is 0.156 e. The van der Waals surface area contributed by atoms with Gasteiger partial charge in [-0.3, -0.25) is 0 Å². The van der Waals surface area contributed by atoms with E-state index in [9.17, 15) is 4.39 Å². The van der Waals surface area contributed by atoms with Crippen molar-refractivity contribution in [3.63, 3.8) is 0 Å². The summed E-state index contributed by atoms with van der Waals surface area (Å²) in [6.45, 7) is 2.02. The third kappa shape index (κ3) is 2.48. The van der Waals surface area contributed by atoms with E-state index >= 15 is 0 Å². The fourth-order valence-electron chi connectivity index (χ4n) is 2.98. The largest absolute Gasteiger partial charge is 0.316 e. The van der Waals surface area contributed by atoms with Crippen LogP contribution in [0.2, 0.25) is 0 Å². The lowest BCUT2D eigenvalue weighted by Gasteiger charge is -2.19. The third-order valence-electron chi connectivity index (χ3n) is 4.17. The number of nitrogens with zero attached hydrogens (tertiary/aromatic N) is 3. The van der Waals surface area contributed by atoms with Gasteiger partial charge in [-0.15, -0.1) is 0 Å². The van der Waals surface area contributed by atoms with Crippen molar-refractivity contribution >= 4 is 5.65 Å². The van der Waals surface area contributed by atoms with Crippen molar-refractivity contribution in [3.8, 4) is 11.1 Å². The first-order valence-electron chi connectivity index (χ1n) is 7.62. The van der Waals surface area contributed by atoms with Crippen LogP contribution in [0.5, 0.6) is 0 Å². The van der Waals surface area contributed by atoms with Gasteiger partial charge in [0.1, 0.15) is 5.82 Å². The normalized spacial score (nSPS) is 18.7. The van der Waals surface area contributed by atoms with Crippen molar-refractivity contribution in [1.82, 2.24) is 19.9 Å². The van der Waals surface area contributed by atoms with Crippen LogP contribution in [0, 0.1) is 5.82 Å². The highest BCUT2D eigenvalue weighted by molar-refractivity contribution is 5.64. The SMILES string of the molecule is Fc1cccc(-c2ccc3nc([C@H]4CCCNC4)nn3c2)c1. The van der Waals surface area contributed by atoms with Gasteiger partial charge in [0.25, 0.3) is 0 Å². The van der Waals surface area contributed by atoms with Crippen molar-refractivity contribution in [2.24, 2.45) is 0 Å². The van der Waals surface area contributed by atoms with Gasteiger partial charge in [0.2, 0.25) is 0 Å². The summed E-state index contributed by atoms with van der Waals surface area (Å²) in [6.07, 6.45) is 4.20. The number of benzene rings is 1. The minimum absolute atomic E-state index is 0.231. The van der Waals surface area contributed by atoms with Crippen LogP contribution < -0.4 is 5.32 Å². The van der Waals surface area contributed by atoms with Crippen LogP contribution >= 0.6 is 0 Å². The maximum absolute atomic E-state index is 13.4. The number of rotatable bonds is 2. The lowest BCUT2D eigenvalue weighted by molar-refractivity contribution is 0.447. The van der Waals surface area contributed by atoms with Crippen molar-refractivity contribution in [2.45, 2.75) is 18.8 Å². The molecule has 1 aromatic carbocycles. The van der Waals surface area contributed by atoms with Crippen molar-refractivity contribution in [3.05, 3.63) is 54.2 Å². The molecule has 1 fully saturated rings. The van der Waals surface area contributed by atoms with Crippen LogP contribution in [-0.4, -0.2) is 27.7 Å². The van der Waals surface area contributed by atoms with E-state index < -0.39 is 0 Å². The van der Waals surface area contributed by atoms with Crippen LogP contribution in [0.25, 0.3) is 16.8 Å². The fourth-order valence-corrected chi connectivity index (χ4v) is 2.98. The molecular weight excluding hydrogens is 279 g/mol. The first kappa shape index (κ1) is 13.4. The third-order valence-corrected chi connectivity index (χ3v) is 4.17. The predicted molar refractivity (Wildman–Crippen MR) is 83.2 cm³/mol. The van der Waals surface area contributed by atoms with Gasteiger partial charge in [0, 0.05) is 24.2 Å². The van der Waals surface area contributed by atoms with Gasteiger partial charge in [0.05, 0.1) is 0 Å². The molecule has 0 amide bonds. The van der Waals surface area contributed by atoms with Crippen LogP contribution in [-0.2, 0) is 0 Å². The quantitative estimate of drug-likeness (QED) is 0.790. The first-order valence-corrected chi connectivity index (χ1v) is 7.62. The molecule has 0 bridgehead atoms. The summed E-state index contributed by atoms with van der Waals surface area (Å²) >= 11 is 0. The average Bonchev–Trinajstić information content (AvgIpc) is 2.99. The molecule has 1 aliphatic rings. The van der Waals surface area contributed by atoms with Gasteiger partial charge < -0.3 is 5.32 Å². The molecule has 1 saturated heterocycles. The van der Waals surface area contributed by atoms with E-state index in [-0.39, 0.29) is 5.82 Å². The molecule has 0 saturated carbocycles. The van der Waals surface area contributed by atoms with Gasteiger partial charge in [0.15, 0.2) is 11.5 Å². The number of nitrogens with one attached hydrogen (secondary N) is 1. The monoisotopic (exact) mass is 296 g/mol. The topological polar surface area (TPSA) is 42.2 Å². The number of aromatic nitrogens is 3. The number of halogens is 1. The Bertz CT molecular complexity index is 805. The molecule has 22 heavy (non-hydrogen) atoms. The lowest BCUT2D eigenvalue weighted by atomic mass is 9.99. The molecule has 5 heteroatoms. The maximum atomic E-state index is 13.4. The highest BCUT2D eigenvalue weighted by Crippen LogP contribution is 2.23. The molecule has 4 nitrogen and oxygen atoms in total. The minimum Gasteiger partial charge on any atom is -0.316 e. The van der Waals surface area contributed by atoms with E-state index in [0.29, 0.717) is 5.92 Å². The van der Waals surface area contributed by atoms with Gasteiger partial charge in [-0.25, -0.2) is 13.9 Å². The standard InChI is InChI=1S/C17H17FN4/c18-15-5-1-3-12(9-15)14-6-7-16-20-17(21-22(16)11-14)13-4-2-8-19-10-13/h1,3,5-7,9,11,13,19H,2,4,8,10H2/t13-/m0/s1. The molecule has 0 unspecified atom stereocenters. The summed E-state index contributed by atoms with van der Waals surface area (Å²) in [4.78, 5) is 4.63. The maximum Gasteiger partial charge on any atom is 0.156 e. The summed E-state index contributed by atoms with van der Waals surface area (Å²) in [5, 5.41) is 8.01. The Balaban J connectivity index is 1.71. The number of piperidine rings is 1. The van der Waals surface area contributed by atoms with Gasteiger partial charge in [-0.05, 0) is 49.2 Å². The van der Waals surface area contributed by atoms with Crippen LogP contribution in [0.4, 0.5) is 4.39 Å². The molecule has 3 aromatic rings. The Kier molecular flexibility index (Phi) is 3.35. The Labute approximate surface area is 128 Å². The van der Waals surface area contributed by atoms with Gasteiger partial charge >= 0.3 is 0 Å². The second-order valence-corrected chi connectivity index (χ2v) is 5.74. The fraction of sp³-hybridized carbons (Fsp3) is 0.294. The van der Waals surface area contributed by atoms with Crippen LogP contribution in [0.15, 0.2) is 42.6 Å². The minimum atomic E-state index is -0.231. The Morgan fingerprint density at radius 1 is 1.18 bits per heavy atom. The second kappa shape index (κ2) is 5.50. The van der Waals surface area contributed by atoms with E-state index in [0.717, 1.165) is 48.5 Å². The summed E-state index contributed by atoms with van der Waals surface area (Å²) in [5.74, 6) is 1.04. The van der Waals surface area contributed by atoms with Crippen LogP contribution in [0.1, 0.15) is 24.6 Å². The molecule has 0 spiro atoms. The van der Waals surface area contributed by atoms with Gasteiger partial charge in [-0.2, -0.15) is 5.10 Å². The summed E-state index contributed by atoms with van der Waals surface area (Å²) in [5.41, 5.74) is 2.62. The molecule has 2 aromatic heterocycles. The molecule has 1 aliphatic heterocycles. The zero-order valence-corrected chi connectivity index (χ0v) is 12.2. The van der Waals surface area contributed by atoms with Gasteiger partial charge in [-0.1, -0.05) is 12.1 Å². The zero-order valence-electron chi connectivity index (χ0n) is 12.2. The van der Waals surface area contributed by atoms with Crippen molar-refractivity contribution < 1.29 is 4.39 Å². The highest BCUT2D eigenvalue weighted by Gasteiger charge is 2.19. The van der Waals surface area contributed by atoms with Crippen molar-refractivity contribution in [1.29, 1.82) is 0 Å². The van der Waals surface area contributed by atoms with E-state index in [4.69, 9.17) is 0 Å². The first-order chi connectivity index (χ1) is 10.8. The molecule has 0 aliphatic carbocycles. The average molecular weight is 296 g/mol.